The van der Waals surface area contributed by atoms with Gasteiger partial charge < -0.3 is 4.74 Å². The number of ether oxygens (including phenoxy) is 1. The lowest BCUT2D eigenvalue weighted by molar-refractivity contribution is -0.137. The molecule has 29 heavy (non-hydrogen) atoms. The van der Waals surface area contributed by atoms with Gasteiger partial charge in [0.05, 0.1) is 6.61 Å². The number of alkyl halides is 2. The lowest BCUT2D eigenvalue weighted by atomic mass is 10.2. The molecule has 2 heterocycles. The number of benzene rings is 2. The highest BCUT2D eigenvalue weighted by molar-refractivity contribution is 8.00. The summed E-state index contributed by atoms with van der Waals surface area (Å²) in [5.74, 6) is -2.74. The molecule has 0 aliphatic carbocycles. The minimum Gasteiger partial charge on any atom is -0.465 e. The number of esters is 1. The van der Waals surface area contributed by atoms with E-state index in [0.717, 1.165) is 0 Å². The van der Waals surface area contributed by atoms with Crippen molar-refractivity contribution < 1.29 is 22.7 Å². The molecule has 0 saturated carbocycles. The van der Waals surface area contributed by atoms with Crippen molar-refractivity contribution in [3.8, 4) is 17.1 Å². The molecule has 0 spiro atoms. The smallest absolute Gasteiger partial charge is 0.319 e. The van der Waals surface area contributed by atoms with Crippen LogP contribution in [0.25, 0.3) is 17.1 Å². The van der Waals surface area contributed by atoms with Crippen molar-refractivity contribution >= 4 is 29.5 Å². The van der Waals surface area contributed by atoms with Crippen LogP contribution in [-0.4, -0.2) is 38.3 Å². The first-order valence-electron chi connectivity index (χ1n) is 8.61. The largest absolute Gasteiger partial charge is 0.465 e. The summed E-state index contributed by atoms with van der Waals surface area (Å²) in [5.41, 5.74) is 1.27. The van der Waals surface area contributed by atoms with Crippen molar-refractivity contribution in [2.75, 3.05) is 6.61 Å². The maximum atomic E-state index is 13.3. The number of nitrogens with zero attached hydrogens (tertiary/aromatic N) is 3. The molecule has 0 amide bonds. The Bertz CT molecular complexity index is 1010. The molecule has 1 aliphatic rings. The van der Waals surface area contributed by atoms with E-state index in [1.807, 2.05) is 0 Å². The Morgan fingerprint density at radius 1 is 1.07 bits per heavy atom. The van der Waals surface area contributed by atoms with Crippen LogP contribution in [0.4, 0.5) is 13.2 Å². The fraction of sp³-hybridized carbons (Fsp3) is 0.211. The molecule has 5 nitrogen and oxygen atoms in total. The van der Waals surface area contributed by atoms with Gasteiger partial charge in [-0.1, -0.05) is 23.5 Å². The van der Waals surface area contributed by atoms with Crippen molar-refractivity contribution in [2.45, 2.75) is 27.5 Å². The third-order valence-electron chi connectivity index (χ3n) is 4.19. The predicted octanol–water partition coefficient (Wildman–Crippen LogP) is 4.80. The van der Waals surface area contributed by atoms with Gasteiger partial charge in [-0.3, -0.25) is 9.36 Å². The molecule has 1 saturated heterocycles. The van der Waals surface area contributed by atoms with E-state index in [1.165, 1.54) is 23.9 Å². The number of rotatable bonds is 6. The summed E-state index contributed by atoms with van der Waals surface area (Å²) in [6, 6.07) is 12.3. The Kier molecular flexibility index (Phi) is 5.81. The summed E-state index contributed by atoms with van der Waals surface area (Å²) in [6.45, 7) is 0.356. The third kappa shape index (κ3) is 4.43. The molecule has 150 valence electrons. The number of carbonyl (C=O) groups is 1. The lowest BCUT2D eigenvalue weighted by Gasteiger charge is -2.12. The standard InChI is InChI=1S/C19H14F3N3O2S2/c20-12-3-1-11(2-4-12)16-23-24-19(29-15-9-10-27-17(15)26)25(16)13-5-7-14(8-6-13)28-18(21)22/h1-8,15,18H,9-10H2. The first kappa shape index (κ1) is 19.8. The van der Waals surface area contributed by atoms with E-state index in [4.69, 9.17) is 4.74 Å². The Morgan fingerprint density at radius 3 is 2.41 bits per heavy atom. The topological polar surface area (TPSA) is 57.0 Å². The molecular weight excluding hydrogens is 423 g/mol. The van der Waals surface area contributed by atoms with E-state index in [1.54, 1.807) is 41.0 Å². The minimum absolute atomic E-state index is 0.309. The molecule has 1 atom stereocenters. The Morgan fingerprint density at radius 2 is 1.79 bits per heavy atom. The number of carbonyl (C=O) groups excluding carboxylic acids is 1. The van der Waals surface area contributed by atoms with Gasteiger partial charge in [0.25, 0.3) is 5.76 Å². The minimum atomic E-state index is -2.51. The van der Waals surface area contributed by atoms with E-state index >= 15 is 0 Å². The van der Waals surface area contributed by atoms with E-state index in [2.05, 4.69) is 10.2 Å². The first-order valence-corrected chi connectivity index (χ1v) is 10.4. The summed E-state index contributed by atoms with van der Waals surface area (Å²) in [6.07, 6.45) is 0.562. The van der Waals surface area contributed by atoms with E-state index < -0.39 is 11.0 Å². The summed E-state index contributed by atoms with van der Waals surface area (Å²) in [5, 5.41) is 8.50. The Balaban J connectivity index is 1.74. The molecule has 2 aromatic carbocycles. The SMILES string of the molecule is O=C1OCCC1Sc1nnc(-c2ccc(F)cc2)n1-c1ccc(SC(F)F)cc1. The van der Waals surface area contributed by atoms with Crippen LogP contribution in [0.2, 0.25) is 0 Å². The van der Waals surface area contributed by atoms with Crippen LogP contribution in [0.3, 0.4) is 0 Å². The fourth-order valence-electron chi connectivity index (χ4n) is 2.85. The van der Waals surface area contributed by atoms with Gasteiger partial charge in [0.15, 0.2) is 11.0 Å². The number of cyclic esters (lactones) is 1. The zero-order valence-electron chi connectivity index (χ0n) is 14.8. The van der Waals surface area contributed by atoms with Gasteiger partial charge in [0.1, 0.15) is 11.1 Å². The van der Waals surface area contributed by atoms with Crippen LogP contribution in [0.5, 0.6) is 0 Å². The Hall–Kier alpha value is -2.46. The van der Waals surface area contributed by atoms with Crippen LogP contribution >= 0.6 is 23.5 Å². The average molecular weight is 437 g/mol. The van der Waals surface area contributed by atoms with Gasteiger partial charge >= 0.3 is 5.97 Å². The van der Waals surface area contributed by atoms with Gasteiger partial charge in [0, 0.05) is 22.6 Å². The van der Waals surface area contributed by atoms with Gasteiger partial charge in [0.2, 0.25) is 0 Å². The van der Waals surface area contributed by atoms with Crippen LogP contribution in [0.15, 0.2) is 58.6 Å². The molecule has 1 aliphatic heterocycles. The van der Waals surface area contributed by atoms with Crippen molar-refractivity contribution in [1.29, 1.82) is 0 Å². The molecule has 1 unspecified atom stereocenters. The van der Waals surface area contributed by atoms with Crippen LogP contribution in [-0.2, 0) is 9.53 Å². The summed E-state index contributed by atoms with van der Waals surface area (Å²) in [4.78, 5) is 12.3. The van der Waals surface area contributed by atoms with Crippen molar-refractivity contribution in [3.63, 3.8) is 0 Å². The summed E-state index contributed by atoms with van der Waals surface area (Å²) in [7, 11) is 0. The first-order chi connectivity index (χ1) is 14.0. The molecule has 4 rings (SSSR count). The molecular formula is C19H14F3N3O2S2. The van der Waals surface area contributed by atoms with Gasteiger partial charge in [-0.25, -0.2) is 4.39 Å². The molecule has 3 aromatic rings. The predicted molar refractivity (Wildman–Crippen MR) is 104 cm³/mol. The number of hydrogen-bond acceptors (Lipinski definition) is 6. The van der Waals surface area contributed by atoms with Crippen LogP contribution in [0.1, 0.15) is 6.42 Å². The second kappa shape index (κ2) is 8.50. The normalized spacial score (nSPS) is 16.4. The Labute approximate surface area is 172 Å². The maximum Gasteiger partial charge on any atom is 0.319 e. The van der Waals surface area contributed by atoms with Crippen LogP contribution in [0, 0.1) is 5.82 Å². The number of halogens is 3. The van der Waals surface area contributed by atoms with Gasteiger partial charge in [-0.2, -0.15) is 8.78 Å². The quantitative estimate of drug-likeness (QED) is 0.408. The lowest BCUT2D eigenvalue weighted by Crippen LogP contribution is -2.11. The van der Waals surface area contributed by atoms with E-state index in [9.17, 15) is 18.0 Å². The number of thioether (sulfide) groups is 2. The molecule has 0 radical (unpaired) electrons. The highest BCUT2D eigenvalue weighted by Gasteiger charge is 2.30. The van der Waals surface area contributed by atoms with Gasteiger partial charge in [-0.15, -0.1) is 10.2 Å². The molecule has 1 fully saturated rings. The van der Waals surface area contributed by atoms with Crippen molar-refractivity contribution in [2.24, 2.45) is 0 Å². The monoisotopic (exact) mass is 437 g/mol. The molecule has 0 N–H and O–H groups in total. The van der Waals surface area contributed by atoms with E-state index in [-0.39, 0.29) is 11.8 Å². The third-order valence-corrected chi connectivity index (χ3v) is 6.10. The molecule has 10 heteroatoms. The van der Waals surface area contributed by atoms with Crippen molar-refractivity contribution in [3.05, 3.63) is 54.3 Å². The second-order valence-corrected chi connectivity index (χ2v) is 8.32. The zero-order chi connectivity index (χ0) is 20.4. The second-order valence-electron chi connectivity index (χ2n) is 6.08. The summed E-state index contributed by atoms with van der Waals surface area (Å²) >= 11 is 1.69. The van der Waals surface area contributed by atoms with E-state index in [0.29, 0.717) is 51.9 Å². The molecule has 0 bridgehead atoms. The van der Waals surface area contributed by atoms with Crippen molar-refractivity contribution in [1.82, 2.24) is 14.8 Å². The van der Waals surface area contributed by atoms with Crippen LogP contribution < -0.4 is 0 Å². The molecule has 1 aromatic heterocycles. The number of aromatic nitrogens is 3. The zero-order valence-corrected chi connectivity index (χ0v) is 16.4. The van der Waals surface area contributed by atoms with Gasteiger partial charge in [-0.05, 0) is 48.5 Å². The fourth-order valence-corrected chi connectivity index (χ4v) is 4.37. The highest BCUT2D eigenvalue weighted by Crippen LogP contribution is 2.34. The average Bonchev–Trinajstić information content (AvgIpc) is 3.29. The summed E-state index contributed by atoms with van der Waals surface area (Å²) < 4.78 is 45.3. The number of hydrogen-bond donors (Lipinski definition) is 0. The highest BCUT2D eigenvalue weighted by atomic mass is 32.2. The maximum absolute atomic E-state index is 13.3.